The van der Waals surface area contributed by atoms with Crippen LogP contribution in [0.2, 0.25) is 0 Å². The molecule has 1 amide bonds. The van der Waals surface area contributed by atoms with Crippen molar-refractivity contribution in [1.29, 1.82) is 0 Å². The van der Waals surface area contributed by atoms with E-state index in [-0.39, 0.29) is 10.8 Å². The van der Waals surface area contributed by atoms with E-state index in [9.17, 15) is 13.2 Å². The molecule has 0 atom stereocenters. The zero-order valence-electron chi connectivity index (χ0n) is 16.5. The van der Waals surface area contributed by atoms with Crippen molar-refractivity contribution in [3.05, 3.63) is 83.9 Å². The summed E-state index contributed by atoms with van der Waals surface area (Å²) in [5, 5.41) is 0. The molecule has 0 saturated carbocycles. The molecule has 1 heterocycles. The molecule has 0 bridgehead atoms. The fourth-order valence-corrected chi connectivity index (χ4v) is 4.57. The van der Waals surface area contributed by atoms with Crippen molar-refractivity contribution >= 4 is 27.3 Å². The Kier molecular flexibility index (Phi) is 5.46. The molecule has 0 spiro atoms. The number of hydrogen-bond acceptors (Lipinski definition) is 4. The first-order valence-corrected chi connectivity index (χ1v) is 11.2. The molecule has 0 aromatic heterocycles. The van der Waals surface area contributed by atoms with E-state index in [0.29, 0.717) is 30.2 Å². The quantitative estimate of drug-likeness (QED) is 0.649. The number of sulfonamides is 1. The van der Waals surface area contributed by atoms with Crippen LogP contribution in [0, 0.1) is 0 Å². The zero-order chi connectivity index (χ0) is 21.1. The van der Waals surface area contributed by atoms with Crippen molar-refractivity contribution < 1.29 is 17.9 Å². The Morgan fingerprint density at radius 1 is 1.03 bits per heavy atom. The Balaban J connectivity index is 1.54. The summed E-state index contributed by atoms with van der Waals surface area (Å²) < 4.78 is 33.4. The van der Waals surface area contributed by atoms with E-state index in [1.807, 2.05) is 31.2 Å². The fraction of sp³-hybridized carbons (Fsp3) is 0.174. The summed E-state index contributed by atoms with van der Waals surface area (Å²) in [5.41, 5.74) is 2.81. The van der Waals surface area contributed by atoms with Gasteiger partial charge in [-0.15, -0.1) is 0 Å². The molecule has 0 saturated heterocycles. The van der Waals surface area contributed by atoms with Gasteiger partial charge < -0.3 is 9.64 Å². The molecule has 0 aliphatic carbocycles. The lowest BCUT2D eigenvalue weighted by atomic mass is 10.1. The number of benzene rings is 3. The largest absolute Gasteiger partial charge is 0.494 e. The van der Waals surface area contributed by atoms with Gasteiger partial charge >= 0.3 is 0 Å². The number of nitrogens with one attached hydrogen (secondary N) is 1. The molecule has 1 N–H and O–H groups in total. The van der Waals surface area contributed by atoms with Crippen LogP contribution in [0.5, 0.6) is 5.75 Å². The Morgan fingerprint density at radius 3 is 2.57 bits per heavy atom. The van der Waals surface area contributed by atoms with Crippen LogP contribution in [0.15, 0.2) is 77.7 Å². The molecular formula is C23H22N2O4S. The zero-order valence-corrected chi connectivity index (χ0v) is 17.4. The molecule has 0 unspecified atom stereocenters. The van der Waals surface area contributed by atoms with Crippen LogP contribution in [0.1, 0.15) is 22.8 Å². The minimum absolute atomic E-state index is 0.121. The van der Waals surface area contributed by atoms with Crippen molar-refractivity contribution in [2.24, 2.45) is 0 Å². The summed E-state index contributed by atoms with van der Waals surface area (Å²) in [7, 11) is -3.79. The molecule has 3 aromatic rings. The number of amides is 1. The number of rotatable bonds is 6. The van der Waals surface area contributed by atoms with Crippen molar-refractivity contribution in [1.82, 2.24) is 0 Å². The van der Waals surface area contributed by atoms with Gasteiger partial charge in [-0.25, -0.2) is 8.42 Å². The average molecular weight is 423 g/mol. The molecule has 1 aliphatic heterocycles. The van der Waals surface area contributed by atoms with Crippen LogP contribution >= 0.6 is 0 Å². The number of carbonyl (C=O) groups excluding carboxylic acids is 1. The summed E-state index contributed by atoms with van der Waals surface area (Å²) in [4.78, 5) is 14.9. The normalized spacial score (nSPS) is 13.0. The van der Waals surface area contributed by atoms with Gasteiger partial charge in [0, 0.05) is 23.5 Å². The van der Waals surface area contributed by atoms with Crippen LogP contribution in [-0.4, -0.2) is 27.5 Å². The molecular weight excluding hydrogens is 400 g/mol. The molecule has 0 radical (unpaired) electrons. The van der Waals surface area contributed by atoms with E-state index in [2.05, 4.69) is 4.72 Å². The summed E-state index contributed by atoms with van der Waals surface area (Å²) in [6, 6.07) is 20.6. The first kappa shape index (κ1) is 20.0. The number of anilines is 2. The lowest BCUT2D eigenvalue weighted by Crippen LogP contribution is -2.28. The Hall–Kier alpha value is -3.32. The SMILES string of the molecule is CCOc1ccc(S(=O)(=O)Nc2cccc(C(=O)N3CCc4ccccc43)c2)cc1. The maximum Gasteiger partial charge on any atom is 0.261 e. The third-order valence-corrected chi connectivity index (χ3v) is 6.34. The van der Waals surface area contributed by atoms with Gasteiger partial charge in [0.25, 0.3) is 15.9 Å². The molecule has 30 heavy (non-hydrogen) atoms. The number of hydrogen-bond donors (Lipinski definition) is 1. The highest BCUT2D eigenvalue weighted by molar-refractivity contribution is 7.92. The van der Waals surface area contributed by atoms with Crippen LogP contribution in [0.4, 0.5) is 11.4 Å². The second kappa shape index (κ2) is 8.20. The van der Waals surface area contributed by atoms with Gasteiger partial charge in [-0.1, -0.05) is 24.3 Å². The smallest absolute Gasteiger partial charge is 0.261 e. The summed E-state index contributed by atoms with van der Waals surface area (Å²) in [6.45, 7) is 2.98. The topological polar surface area (TPSA) is 75.7 Å². The fourth-order valence-electron chi connectivity index (χ4n) is 3.52. The van der Waals surface area contributed by atoms with Crippen molar-refractivity contribution in [3.8, 4) is 5.75 Å². The maximum absolute atomic E-state index is 13.0. The maximum atomic E-state index is 13.0. The molecule has 7 heteroatoms. The van der Waals surface area contributed by atoms with Crippen LogP contribution in [0.25, 0.3) is 0 Å². The highest BCUT2D eigenvalue weighted by Gasteiger charge is 2.25. The summed E-state index contributed by atoms with van der Waals surface area (Å²) in [6.07, 6.45) is 0.811. The average Bonchev–Trinajstić information content (AvgIpc) is 3.18. The molecule has 1 aliphatic rings. The van der Waals surface area contributed by atoms with Gasteiger partial charge in [0.2, 0.25) is 0 Å². The Labute approximate surface area is 176 Å². The molecule has 0 fully saturated rings. The number of fused-ring (bicyclic) bond motifs is 1. The molecule has 6 nitrogen and oxygen atoms in total. The van der Waals surface area contributed by atoms with Crippen molar-refractivity contribution in [3.63, 3.8) is 0 Å². The Bertz CT molecular complexity index is 1170. The second-order valence-electron chi connectivity index (χ2n) is 6.93. The number of nitrogens with zero attached hydrogens (tertiary/aromatic N) is 1. The van der Waals surface area contributed by atoms with Crippen molar-refractivity contribution in [2.45, 2.75) is 18.2 Å². The van der Waals surface area contributed by atoms with Crippen LogP contribution in [0.3, 0.4) is 0 Å². The van der Waals surface area contributed by atoms with Crippen LogP contribution in [-0.2, 0) is 16.4 Å². The molecule has 4 rings (SSSR count). The first-order valence-electron chi connectivity index (χ1n) is 9.73. The minimum atomic E-state index is -3.79. The third-order valence-electron chi connectivity index (χ3n) is 4.94. The summed E-state index contributed by atoms with van der Waals surface area (Å²) in [5.74, 6) is 0.456. The minimum Gasteiger partial charge on any atom is -0.494 e. The molecule has 3 aromatic carbocycles. The Morgan fingerprint density at radius 2 is 1.80 bits per heavy atom. The number of ether oxygens (including phenoxy) is 1. The van der Waals surface area contributed by atoms with Gasteiger partial charge in [-0.2, -0.15) is 0 Å². The van der Waals surface area contributed by atoms with Gasteiger partial charge in [0.15, 0.2) is 0 Å². The van der Waals surface area contributed by atoms with E-state index in [0.717, 1.165) is 17.7 Å². The third kappa shape index (κ3) is 4.02. The molecule has 154 valence electrons. The van der Waals surface area contributed by atoms with E-state index >= 15 is 0 Å². The van der Waals surface area contributed by atoms with Crippen LogP contribution < -0.4 is 14.4 Å². The van der Waals surface area contributed by atoms with E-state index < -0.39 is 10.0 Å². The number of para-hydroxylation sites is 1. The van der Waals surface area contributed by atoms with E-state index in [1.165, 1.54) is 12.1 Å². The van der Waals surface area contributed by atoms with Gasteiger partial charge in [0.05, 0.1) is 11.5 Å². The first-order chi connectivity index (χ1) is 14.5. The van der Waals surface area contributed by atoms with Gasteiger partial charge in [0.1, 0.15) is 5.75 Å². The predicted molar refractivity (Wildman–Crippen MR) is 117 cm³/mol. The lowest BCUT2D eigenvalue weighted by molar-refractivity contribution is 0.0989. The second-order valence-corrected chi connectivity index (χ2v) is 8.61. The van der Waals surface area contributed by atoms with Crippen molar-refractivity contribution in [2.75, 3.05) is 22.8 Å². The number of carbonyl (C=O) groups is 1. The predicted octanol–water partition coefficient (Wildman–Crippen LogP) is 4.09. The van der Waals surface area contributed by atoms with E-state index in [4.69, 9.17) is 4.74 Å². The highest BCUT2D eigenvalue weighted by atomic mass is 32.2. The monoisotopic (exact) mass is 422 g/mol. The van der Waals surface area contributed by atoms with Gasteiger partial charge in [-0.3, -0.25) is 9.52 Å². The lowest BCUT2D eigenvalue weighted by Gasteiger charge is -2.18. The van der Waals surface area contributed by atoms with Gasteiger partial charge in [-0.05, 0) is 67.4 Å². The summed E-state index contributed by atoms with van der Waals surface area (Å²) >= 11 is 0. The standard InChI is InChI=1S/C23H22N2O4S/c1-2-29-20-10-12-21(13-11-20)30(27,28)24-19-8-5-7-18(16-19)23(26)25-15-14-17-6-3-4-9-22(17)25/h3-13,16,24H,2,14-15H2,1H3. The highest BCUT2D eigenvalue weighted by Crippen LogP contribution is 2.29. The van der Waals surface area contributed by atoms with E-state index in [1.54, 1.807) is 41.3 Å².